The van der Waals surface area contributed by atoms with Crippen LogP contribution in [0.1, 0.15) is 33.6 Å². The van der Waals surface area contributed by atoms with Crippen molar-refractivity contribution in [1.29, 1.82) is 0 Å². The Morgan fingerprint density at radius 3 is 2.76 bits per heavy atom. The predicted octanol–water partition coefficient (Wildman–Crippen LogP) is 3.30. The van der Waals surface area contributed by atoms with Crippen molar-refractivity contribution >= 4 is 27.7 Å². The molecule has 0 bridgehead atoms. The molecule has 5 heteroatoms. The molecule has 0 aromatic carbocycles. The van der Waals surface area contributed by atoms with Crippen LogP contribution in [0.2, 0.25) is 0 Å². The van der Waals surface area contributed by atoms with Gasteiger partial charge in [0.2, 0.25) is 5.95 Å². The minimum Gasteiger partial charge on any atom is -0.356 e. The van der Waals surface area contributed by atoms with E-state index in [-0.39, 0.29) is 0 Å². The molecule has 0 saturated heterocycles. The van der Waals surface area contributed by atoms with Crippen LogP contribution in [0.5, 0.6) is 0 Å². The molecule has 0 fully saturated rings. The maximum atomic E-state index is 4.52. The van der Waals surface area contributed by atoms with E-state index in [0.29, 0.717) is 12.0 Å². The molecule has 4 nitrogen and oxygen atoms in total. The summed E-state index contributed by atoms with van der Waals surface area (Å²) in [6.07, 6.45) is 4.13. The molecule has 1 aromatic heterocycles. The average molecular weight is 301 g/mol. The molecule has 1 N–H and O–H groups in total. The Labute approximate surface area is 112 Å². The van der Waals surface area contributed by atoms with Gasteiger partial charge in [-0.3, -0.25) is 0 Å². The van der Waals surface area contributed by atoms with E-state index in [1.54, 1.807) is 6.20 Å². The van der Waals surface area contributed by atoms with Crippen LogP contribution in [-0.4, -0.2) is 29.6 Å². The van der Waals surface area contributed by atoms with Gasteiger partial charge in [-0.1, -0.05) is 13.3 Å². The Balaban J connectivity index is 2.90. The van der Waals surface area contributed by atoms with Gasteiger partial charge in [-0.15, -0.1) is 0 Å². The lowest BCUT2D eigenvalue weighted by Crippen LogP contribution is -2.30. The first-order valence-electron chi connectivity index (χ1n) is 6.09. The summed E-state index contributed by atoms with van der Waals surface area (Å²) in [5.74, 6) is 1.62. The average Bonchev–Trinajstić information content (AvgIpc) is 2.31. The van der Waals surface area contributed by atoms with Crippen molar-refractivity contribution in [3.8, 4) is 0 Å². The molecular formula is C12H21BrN4. The van der Waals surface area contributed by atoms with Gasteiger partial charge >= 0.3 is 0 Å². The molecule has 1 rings (SSSR count). The third-order valence-corrected chi connectivity index (χ3v) is 3.32. The lowest BCUT2D eigenvalue weighted by atomic mass is 10.2. The molecule has 1 aromatic rings. The first-order valence-corrected chi connectivity index (χ1v) is 6.88. The Morgan fingerprint density at radius 2 is 2.18 bits per heavy atom. The summed E-state index contributed by atoms with van der Waals surface area (Å²) >= 11 is 3.51. The number of nitrogens with zero attached hydrogens (tertiary/aromatic N) is 3. The molecule has 0 spiro atoms. The second kappa shape index (κ2) is 6.79. The Bertz CT molecular complexity index is 356. The maximum Gasteiger partial charge on any atom is 0.224 e. The van der Waals surface area contributed by atoms with Gasteiger partial charge in [0.25, 0.3) is 0 Å². The highest BCUT2D eigenvalue weighted by molar-refractivity contribution is 9.10. The molecule has 1 unspecified atom stereocenters. The number of halogens is 1. The smallest absolute Gasteiger partial charge is 0.224 e. The monoisotopic (exact) mass is 300 g/mol. The highest BCUT2D eigenvalue weighted by Crippen LogP contribution is 2.25. The normalized spacial score (nSPS) is 12.3. The van der Waals surface area contributed by atoms with Crippen molar-refractivity contribution in [2.24, 2.45) is 0 Å². The van der Waals surface area contributed by atoms with Crippen molar-refractivity contribution in [2.45, 2.75) is 39.7 Å². The van der Waals surface area contributed by atoms with Crippen molar-refractivity contribution in [2.75, 3.05) is 23.8 Å². The van der Waals surface area contributed by atoms with Gasteiger partial charge in [0.15, 0.2) is 0 Å². The van der Waals surface area contributed by atoms with E-state index < -0.39 is 0 Å². The van der Waals surface area contributed by atoms with Crippen LogP contribution in [0.15, 0.2) is 10.7 Å². The highest BCUT2D eigenvalue weighted by Gasteiger charge is 2.14. The molecule has 0 aliphatic carbocycles. The zero-order chi connectivity index (χ0) is 12.8. The SMILES string of the molecule is CCCC(C)N(C)c1nc(NCC)ncc1Br. The lowest BCUT2D eigenvalue weighted by Gasteiger charge is -2.26. The van der Waals surface area contributed by atoms with Gasteiger partial charge in [-0.05, 0) is 36.2 Å². The second-order valence-corrected chi connectivity index (χ2v) is 5.00. The number of hydrogen-bond donors (Lipinski definition) is 1. The Kier molecular flexibility index (Phi) is 5.68. The highest BCUT2D eigenvalue weighted by atomic mass is 79.9. The molecule has 0 aliphatic heterocycles. The van der Waals surface area contributed by atoms with Crippen LogP contribution in [0, 0.1) is 0 Å². The maximum absolute atomic E-state index is 4.52. The number of aromatic nitrogens is 2. The largest absolute Gasteiger partial charge is 0.356 e. The van der Waals surface area contributed by atoms with E-state index >= 15 is 0 Å². The quantitative estimate of drug-likeness (QED) is 0.875. The van der Waals surface area contributed by atoms with E-state index in [9.17, 15) is 0 Å². The standard InChI is InChI=1S/C12H21BrN4/c1-5-7-9(3)17(4)11-10(13)8-15-12(16-11)14-6-2/h8-9H,5-7H2,1-4H3,(H,14,15,16). The van der Waals surface area contributed by atoms with Crippen molar-refractivity contribution in [1.82, 2.24) is 9.97 Å². The summed E-state index contributed by atoms with van der Waals surface area (Å²) in [5.41, 5.74) is 0. The summed E-state index contributed by atoms with van der Waals surface area (Å²) in [7, 11) is 2.07. The van der Waals surface area contributed by atoms with Crippen LogP contribution in [0.3, 0.4) is 0 Å². The zero-order valence-electron chi connectivity index (χ0n) is 11.0. The predicted molar refractivity (Wildman–Crippen MR) is 76.7 cm³/mol. The Hall–Kier alpha value is -0.840. The third kappa shape index (κ3) is 3.84. The van der Waals surface area contributed by atoms with E-state index in [4.69, 9.17) is 0 Å². The number of hydrogen-bond acceptors (Lipinski definition) is 4. The van der Waals surface area contributed by atoms with Crippen molar-refractivity contribution in [3.05, 3.63) is 10.7 Å². The second-order valence-electron chi connectivity index (χ2n) is 4.14. The van der Waals surface area contributed by atoms with Gasteiger partial charge in [0.05, 0.1) is 4.47 Å². The zero-order valence-corrected chi connectivity index (χ0v) is 12.6. The van der Waals surface area contributed by atoms with Gasteiger partial charge in [-0.25, -0.2) is 4.98 Å². The summed E-state index contributed by atoms with van der Waals surface area (Å²) in [6, 6.07) is 0.473. The van der Waals surface area contributed by atoms with Crippen LogP contribution in [0.25, 0.3) is 0 Å². The molecule has 0 radical (unpaired) electrons. The van der Waals surface area contributed by atoms with Crippen LogP contribution >= 0.6 is 15.9 Å². The van der Waals surface area contributed by atoms with Crippen molar-refractivity contribution < 1.29 is 0 Å². The summed E-state index contributed by atoms with van der Waals surface area (Å²) < 4.78 is 0.935. The lowest BCUT2D eigenvalue weighted by molar-refractivity contribution is 0.610. The fourth-order valence-electron chi connectivity index (χ4n) is 1.67. The van der Waals surface area contributed by atoms with E-state index in [2.05, 4.69) is 57.0 Å². The number of anilines is 2. The molecule has 1 heterocycles. The van der Waals surface area contributed by atoms with Crippen molar-refractivity contribution in [3.63, 3.8) is 0 Å². The summed E-state index contributed by atoms with van der Waals surface area (Å²) in [5, 5.41) is 3.13. The van der Waals surface area contributed by atoms with Crippen LogP contribution in [-0.2, 0) is 0 Å². The molecule has 17 heavy (non-hydrogen) atoms. The number of nitrogens with one attached hydrogen (secondary N) is 1. The third-order valence-electron chi connectivity index (χ3n) is 2.76. The first-order chi connectivity index (χ1) is 8.10. The molecule has 1 atom stereocenters. The van der Waals surface area contributed by atoms with Gasteiger partial charge in [-0.2, -0.15) is 4.98 Å². The number of rotatable bonds is 6. The minimum atomic E-state index is 0.473. The minimum absolute atomic E-state index is 0.473. The molecule has 96 valence electrons. The van der Waals surface area contributed by atoms with Gasteiger partial charge in [0.1, 0.15) is 5.82 Å². The van der Waals surface area contributed by atoms with Crippen LogP contribution in [0.4, 0.5) is 11.8 Å². The van der Waals surface area contributed by atoms with E-state index in [0.717, 1.165) is 23.3 Å². The summed E-state index contributed by atoms with van der Waals surface area (Å²) in [4.78, 5) is 10.9. The fraction of sp³-hybridized carbons (Fsp3) is 0.667. The first kappa shape index (κ1) is 14.2. The van der Waals surface area contributed by atoms with Gasteiger partial charge < -0.3 is 10.2 Å². The van der Waals surface area contributed by atoms with E-state index in [1.807, 2.05) is 6.92 Å². The molecule has 0 amide bonds. The van der Waals surface area contributed by atoms with Crippen LogP contribution < -0.4 is 10.2 Å². The van der Waals surface area contributed by atoms with Gasteiger partial charge in [0, 0.05) is 25.8 Å². The molecular weight excluding hydrogens is 280 g/mol. The fourth-order valence-corrected chi connectivity index (χ4v) is 2.14. The topological polar surface area (TPSA) is 41.1 Å². The molecule has 0 aliphatic rings. The molecule has 0 saturated carbocycles. The summed E-state index contributed by atoms with van der Waals surface area (Å²) in [6.45, 7) is 7.28. The van der Waals surface area contributed by atoms with E-state index in [1.165, 1.54) is 6.42 Å². The Morgan fingerprint density at radius 1 is 1.47 bits per heavy atom.